The van der Waals surface area contributed by atoms with E-state index in [4.69, 9.17) is 36.1 Å². The maximum absolute atomic E-state index is 14.8. The van der Waals surface area contributed by atoms with Gasteiger partial charge >= 0.3 is 5.97 Å². The van der Waals surface area contributed by atoms with E-state index in [1.54, 1.807) is 18.3 Å². The SMILES string of the molecule is CC(CO)(CO)C(=O)O.COC(c1nc(-c2ccc(=O)n(-c3c(C)cc(Cl)cc3C)c2)c(-c2ccc(F)cc2F)o1)C(C)(C)O. The van der Waals surface area contributed by atoms with E-state index in [1.807, 2.05) is 13.8 Å². The van der Waals surface area contributed by atoms with E-state index in [9.17, 15) is 23.5 Å². The zero-order valence-corrected chi connectivity index (χ0v) is 26.3. The molecule has 0 aliphatic carbocycles. The Morgan fingerprint density at radius 3 is 2.13 bits per heavy atom. The number of benzene rings is 2. The molecule has 0 bridgehead atoms. The number of methoxy groups -OCH3 is 1. The van der Waals surface area contributed by atoms with Gasteiger partial charge in [0.25, 0.3) is 5.56 Å². The molecule has 10 nitrogen and oxygen atoms in total. The first-order valence-electron chi connectivity index (χ1n) is 13.6. The van der Waals surface area contributed by atoms with Crippen LogP contribution in [0.3, 0.4) is 0 Å². The molecule has 4 aromatic rings. The topological polar surface area (TPSA) is 155 Å². The Balaban J connectivity index is 0.000000535. The molecular formula is C32H35ClF2N2O8. The average Bonchev–Trinajstić information content (AvgIpc) is 3.37. The first kappa shape index (κ1) is 35.5. The summed E-state index contributed by atoms with van der Waals surface area (Å²) in [6.45, 7) is 6.92. The molecule has 0 aliphatic rings. The number of aryl methyl sites for hydroxylation is 2. The number of ether oxygens (including phenoxy) is 1. The van der Waals surface area contributed by atoms with Gasteiger partial charge < -0.3 is 29.6 Å². The smallest absolute Gasteiger partial charge is 0.314 e. The molecule has 1 atom stereocenters. The first-order chi connectivity index (χ1) is 21.0. The number of aromatic nitrogens is 2. The maximum atomic E-state index is 14.8. The summed E-state index contributed by atoms with van der Waals surface area (Å²) >= 11 is 6.17. The maximum Gasteiger partial charge on any atom is 0.314 e. The highest BCUT2D eigenvalue weighted by Gasteiger charge is 2.35. The van der Waals surface area contributed by atoms with E-state index < -0.39 is 47.9 Å². The zero-order valence-electron chi connectivity index (χ0n) is 25.6. The molecule has 2 aromatic heterocycles. The number of halogens is 3. The van der Waals surface area contributed by atoms with Gasteiger partial charge in [-0.25, -0.2) is 13.8 Å². The minimum atomic E-state index is -1.39. The van der Waals surface area contributed by atoms with Gasteiger partial charge in [-0.1, -0.05) is 11.6 Å². The van der Waals surface area contributed by atoms with Gasteiger partial charge in [-0.2, -0.15) is 0 Å². The van der Waals surface area contributed by atoms with Gasteiger partial charge in [0.15, 0.2) is 11.9 Å². The van der Waals surface area contributed by atoms with E-state index in [0.717, 1.165) is 23.3 Å². The third-order valence-electron chi connectivity index (χ3n) is 7.02. The van der Waals surface area contributed by atoms with Gasteiger partial charge in [0.05, 0.1) is 30.1 Å². The molecule has 2 heterocycles. The van der Waals surface area contributed by atoms with Gasteiger partial charge in [-0.3, -0.25) is 14.2 Å². The average molecular weight is 649 g/mol. The predicted molar refractivity (Wildman–Crippen MR) is 163 cm³/mol. The van der Waals surface area contributed by atoms with E-state index >= 15 is 0 Å². The summed E-state index contributed by atoms with van der Waals surface area (Å²) in [7, 11) is 1.39. The monoisotopic (exact) mass is 648 g/mol. The van der Waals surface area contributed by atoms with Crippen molar-refractivity contribution in [3.63, 3.8) is 0 Å². The lowest BCUT2D eigenvalue weighted by molar-refractivity contribution is -0.152. The van der Waals surface area contributed by atoms with Crippen LogP contribution in [0.1, 0.15) is 43.9 Å². The number of hydrogen-bond donors (Lipinski definition) is 4. The second kappa shape index (κ2) is 14.0. The Morgan fingerprint density at radius 1 is 1.07 bits per heavy atom. The van der Waals surface area contributed by atoms with Crippen molar-refractivity contribution in [1.29, 1.82) is 0 Å². The van der Waals surface area contributed by atoms with Crippen LogP contribution >= 0.6 is 11.6 Å². The molecule has 0 fully saturated rings. The summed E-state index contributed by atoms with van der Waals surface area (Å²) in [5, 5.41) is 36.3. The van der Waals surface area contributed by atoms with Crippen molar-refractivity contribution >= 4 is 17.6 Å². The number of nitrogens with zero attached hydrogens (tertiary/aromatic N) is 2. The fraction of sp³-hybridized carbons (Fsp3) is 0.344. The van der Waals surface area contributed by atoms with Crippen molar-refractivity contribution in [3.05, 3.63) is 92.7 Å². The number of carboxylic acids is 1. The largest absolute Gasteiger partial charge is 0.481 e. The number of aliphatic hydroxyl groups is 3. The van der Waals surface area contributed by atoms with E-state index in [0.29, 0.717) is 16.3 Å². The molecule has 0 spiro atoms. The number of carbonyl (C=O) groups is 1. The summed E-state index contributed by atoms with van der Waals surface area (Å²) in [6.07, 6.45) is 0.587. The summed E-state index contributed by atoms with van der Waals surface area (Å²) in [5.74, 6) is -2.79. The highest BCUT2D eigenvalue weighted by Crippen LogP contribution is 2.39. The number of aliphatic hydroxyl groups excluding tert-OH is 2. The third kappa shape index (κ3) is 7.84. The molecule has 242 valence electrons. The Hall–Kier alpha value is -3.94. The molecule has 4 N–H and O–H groups in total. The van der Waals surface area contributed by atoms with Gasteiger partial charge in [0.2, 0.25) is 5.89 Å². The molecule has 2 aromatic carbocycles. The second-order valence-electron chi connectivity index (χ2n) is 11.3. The first-order valence-corrected chi connectivity index (χ1v) is 14.0. The lowest BCUT2D eigenvalue weighted by Crippen LogP contribution is -2.35. The Morgan fingerprint density at radius 2 is 1.67 bits per heavy atom. The van der Waals surface area contributed by atoms with Crippen LogP contribution in [0.15, 0.2) is 57.9 Å². The second-order valence-corrected chi connectivity index (χ2v) is 11.8. The van der Waals surface area contributed by atoms with Crippen molar-refractivity contribution < 1.29 is 43.2 Å². The van der Waals surface area contributed by atoms with E-state index in [2.05, 4.69) is 4.98 Å². The quantitative estimate of drug-likeness (QED) is 0.191. The Labute approximate surface area is 263 Å². The van der Waals surface area contributed by atoms with Gasteiger partial charge in [0.1, 0.15) is 22.7 Å². The molecular weight excluding hydrogens is 614 g/mol. The van der Waals surface area contributed by atoms with Crippen LogP contribution in [0.2, 0.25) is 5.02 Å². The van der Waals surface area contributed by atoms with Crippen molar-refractivity contribution in [2.24, 2.45) is 5.41 Å². The minimum absolute atomic E-state index is 0.00329. The van der Waals surface area contributed by atoms with Crippen molar-refractivity contribution in [2.45, 2.75) is 46.3 Å². The number of oxazole rings is 1. The van der Waals surface area contributed by atoms with Crippen molar-refractivity contribution in [2.75, 3.05) is 20.3 Å². The summed E-state index contributed by atoms with van der Waals surface area (Å²) < 4.78 is 41.3. The highest BCUT2D eigenvalue weighted by atomic mass is 35.5. The molecule has 0 saturated carbocycles. The molecule has 45 heavy (non-hydrogen) atoms. The van der Waals surface area contributed by atoms with Crippen LogP contribution in [0.4, 0.5) is 8.78 Å². The molecule has 0 saturated heterocycles. The Kier molecular flexibility index (Phi) is 11.1. The van der Waals surface area contributed by atoms with Gasteiger partial charge in [0, 0.05) is 36.0 Å². The van der Waals surface area contributed by atoms with Crippen LogP contribution < -0.4 is 5.56 Å². The minimum Gasteiger partial charge on any atom is -0.481 e. The van der Waals surface area contributed by atoms with E-state index in [-0.39, 0.29) is 28.5 Å². The molecule has 1 unspecified atom stereocenters. The molecule has 13 heteroatoms. The number of hydrogen-bond acceptors (Lipinski definition) is 8. The van der Waals surface area contributed by atoms with Crippen LogP contribution in [0, 0.1) is 30.9 Å². The van der Waals surface area contributed by atoms with Crippen LogP contribution in [0.5, 0.6) is 0 Å². The van der Waals surface area contributed by atoms with Gasteiger partial charge in [-0.15, -0.1) is 0 Å². The van der Waals surface area contributed by atoms with Crippen LogP contribution in [0.25, 0.3) is 28.3 Å². The molecule has 0 aliphatic heterocycles. The van der Waals surface area contributed by atoms with E-state index in [1.165, 1.54) is 50.6 Å². The molecule has 4 rings (SSSR count). The number of aliphatic carboxylic acids is 1. The zero-order chi connectivity index (χ0) is 33.9. The molecule has 0 radical (unpaired) electrons. The Bertz CT molecular complexity index is 1720. The third-order valence-corrected chi connectivity index (χ3v) is 7.23. The van der Waals surface area contributed by atoms with Crippen molar-refractivity contribution in [3.8, 4) is 28.3 Å². The normalized spacial score (nSPS) is 12.4. The van der Waals surface area contributed by atoms with Crippen molar-refractivity contribution in [1.82, 2.24) is 9.55 Å². The van der Waals surface area contributed by atoms with Gasteiger partial charge in [-0.05, 0) is 76.1 Å². The fourth-order valence-electron chi connectivity index (χ4n) is 4.46. The summed E-state index contributed by atoms with van der Waals surface area (Å²) in [5.41, 5.74) is -0.258. The van der Waals surface area contributed by atoms with Crippen LogP contribution in [-0.4, -0.2) is 61.9 Å². The van der Waals surface area contributed by atoms with Crippen LogP contribution in [-0.2, 0) is 9.53 Å². The highest BCUT2D eigenvalue weighted by molar-refractivity contribution is 6.30. The summed E-state index contributed by atoms with van der Waals surface area (Å²) in [6, 6.07) is 9.51. The summed E-state index contributed by atoms with van der Waals surface area (Å²) in [4.78, 5) is 27.6. The number of pyridine rings is 1. The number of carboxylic acid groups (broad SMARTS) is 1. The lowest BCUT2D eigenvalue weighted by atomic mass is 9.94. The number of rotatable bonds is 9. The standard InChI is InChI=1S/C27H25ClF2N2O4.C5H10O4/c1-14-10-17(28)11-15(2)23(14)32-13-16(6-9-21(32)33)22-24(19-8-7-18(29)12-20(19)30)36-26(31-22)25(35-5)27(3,4)34;1-5(2-6,3-7)4(8)9/h6-13,25,34H,1-5H3;6-7H,2-3H2,1H3,(H,8,9). The predicted octanol–water partition coefficient (Wildman–Crippen LogP) is 5.23. The fourth-order valence-corrected chi connectivity index (χ4v) is 4.79. The lowest BCUT2D eigenvalue weighted by Gasteiger charge is -2.24. The molecule has 0 amide bonds.